The van der Waals surface area contributed by atoms with Crippen LogP contribution in [0.25, 0.3) is 11.2 Å². The number of hydrogen-bond donors (Lipinski definition) is 0. The molecule has 0 radical (unpaired) electrons. The zero-order chi connectivity index (χ0) is 24.3. The van der Waals surface area contributed by atoms with Crippen LogP contribution in [0.4, 0.5) is 4.79 Å². The number of likely N-dealkylation sites (tertiary alicyclic amines) is 1. The van der Waals surface area contributed by atoms with Crippen LogP contribution in [-0.4, -0.2) is 71.2 Å². The molecule has 0 atom stereocenters. The van der Waals surface area contributed by atoms with Crippen LogP contribution in [0.15, 0.2) is 42.4 Å². The zero-order valence-corrected chi connectivity index (χ0v) is 21.2. The molecule has 0 aromatic carbocycles. The number of rotatable bonds is 6. The molecule has 1 aliphatic carbocycles. The number of fused-ring (bicyclic) bond motifs is 1. The van der Waals surface area contributed by atoms with Gasteiger partial charge in [0.1, 0.15) is 17.0 Å². The molecule has 0 bridgehead atoms. The van der Waals surface area contributed by atoms with E-state index < -0.39 is 5.60 Å². The lowest BCUT2D eigenvalue weighted by molar-refractivity contribution is 0.0278. The van der Waals surface area contributed by atoms with Crippen molar-refractivity contribution in [3.05, 3.63) is 53.7 Å². The topological polar surface area (TPSA) is 59.3 Å². The predicted octanol–water partition coefficient (Wildman–Crippen LogP) is 5.09. The van der Waals surface area contributed by atoms with Crippen LogP contribution in [0, 0.1) is 0 Å². The van der Waals surface area contributed by atoms with E-state index in [1.807, 2.05) is 27.8 Å². The number of ether oxygens (including phenoxy) is 2. The van der Waals surface area contributed by atoms with Crippen LogP contribution in [-0.2, 0) is 9.47 Å². The maximum atomic E-state index is 12.2. The number of nitrogens with zero attached hydrogens (tertiary/aromatic N) is 4. The summed E-state index contributed by atoms with van der Waals surface area (Å²) in [5.41, 5.74) is 3.96. The van der Waals surface area contributed by atoms with Gasteiger partial charge in [0.15, 0.2) is 0 Å². The van der Waals surface area contributed by atoms with E-state index in [-0.39, 0.29) is 6.09 Å². The number of likely N-dealkylation sites (N-methyl/N-ethyl adjacent to an activating group) is 1. The molecule has 1 fully saturated rings. The molecule has 7 nitrogen and oxygen atoms in total. The minimum atomic E-state index is -0.466. The van der Waals surface area contributed by atoms with Crippen molar-refractivity contribution in [3.63, 3.8) is 0 Å². The summed E-state index contributed by atoms with van der Waals surface area (Å²) < 4.78 is 13.2. The zero-order valence-electron chi connectivity index (χ0n) is 21.2. The van der Waals surface area contributed by atoms with Gasteiger partial charge in [-0.25, -0.2) is 9.78 Å². The monoisotopic (exact) mass is 466 g/mol. The molecule has 3 heterocycles. The molecule has 1 saturated heterocycles. The van der Waals surface area contributed by atoms with Gasteiger partial charge >= 0.3 is 6.09 Å². The number of carbonyl (C=O) groups is 1. The number of imidazole rings is 1. The van der Waals surface area contributed by atoms with E-state index in [0.29, 0.717) is 12.5 Å². The molecule has 184 valence electrons. The Hall–Kier alpha value is -2.80. The fraction of sp³-hybridized carbons (Fsp3) is 0.556. The second-order valence-electron chi connectivity index (χ2n) is 10.3. The summed E-state index contributed by atoms with van der Waals surface area (Å²) in [6.45, 7) is 9.25. The number of hydrogen-bond acceptors (Lipinski definition) is 5. The Morgan fingerprint density at radius 2 is 1.94 bits per heavy atom. The lowest BCUT2D eigenvalue weighted by Crippen LogP contribution is -2.41. The number of allylic oxidation sites excluding steroid dienone is 3. The Morgan fingerprint density at radius 3 is 2.65 bits per heavy atom. The van der Waals surface area contributed by atoms with Crippen molar-refractivity contribution >= 4 is 17.3 Å². The van der Waals surface area contributed by atoms with Gasteiger partial charge in [-0.15, -0.1) is 0 Å². The standard InChI is InChI=1S/C27H38N4O3/c1-27(2,3)34-26(32)29(4)17-18-30-15-12-20(13-16-30)21-10-8-14-31-19-23(28-25(21)31)22-9-6-7-11-24(22)33-5/h8-11,14,19-20H,6-7,12-13,15-18H2,1-5H3. The predicted molar refractivity (Wildman–Crippen MR) is 135 cm³/mol. The molecule has 4 rings (SSSR count). The number of aromatic nitrogens is 2. The largest absolute Gasteiger partial charge is 0.496 e. The maximum absolute atomic E-state index is 12.2. The van der Waals surface area contributed by atoms with Crippen molar-refractivity contribution in [2.45, 2.75) is 58.0 Å². The molecule has 1 amide bonds. The maximum Gasteiger partial charge on any atom is 0.410 e. The first kappa shape index (κ1) is 24.3. The van der Waals surface area contributed by atoms with Crippen LogP contribution in [0.1, 0.15) is 63.6 Å². The number of pyridine rings is 1. The van der Waals surface area contributed by atoms with Gasteiger partial charge in [-0.1, -0.05) is 12.1 Å². The third kappa shape index (κ3) is 5.63. The van der Waals surface area contributed by atoms with Crippen LogP contribution in [0.5, 0.6) is 0 Å². The molecule has 2 aromatic heterocycles. The highest BCUT2D eigenvalue weighted by atomic mass is 16.6. The van der Waals surface area contributed by atoms with Crippen LogP contribution < -0.4 is 0 Å². The second kappa shape index (κ2) is 10.2. The molecule has 0 spiro atoms. The van der Waals surface area contributed by atoms with E-state index in [0.717, 1.165) is 68.0 Å². The normalized spacial score (nSPS) is 17.9. The van der Waals surface area contributed by atoms with Crippen LogP contribution in [0.3, 0.4) is 0 Å². The first-order valence-electron chi connectivity index (χ1n) is 12.3. The van der Waals surface area contributed by atoms with E-state index in [2.05, 4.69) is 46.0 Å². The first-order chi connectivity index (χ1) is 16.2. The van der Waals surface area contributed by atoms with Gasteiger partial charge in [-0.3, -0.25) is 0 Å². The molecule has 2 aliphatic rings. The van der Waals surface area contributed by atoms with Gasteiger partial charge in [-0.05, 0) is 83.2 Å². The molecule has 34 heavy (non-hydrogen) atoms. The fourth-order valence-electron chi connectivity index (χ4n) is 4.75. The molecular weight excluding hydrogens is 428 g/mol. The molecule has 0 N–H and O–H groups in total. The van der Waals surface area contributed by atoms with Crippen molar-refractivity contribution < 1.29 is 14.3 Å². The summed E-state index contributed by atoms with van der Waals surface area (Å²) in [4.78, 5) is 21.4. The minimum Gasteiger partial charge on any atom is -0.496 e. The summed E-state index contributed by atoms with van der Waals surface area (Å²) in [6, 6.07) is 4.35. The van der Waals surface area contributed by atoms with E-state index >= 15 is 0 Å². The Labute approximate surface area is 203 Å². The van der Waals surface area contributed by atoms with Crippen LogP contribution >= 0.6 is 0 Å². The smallest absolute Gasteiger partial charge is 0.410 e. The molecule has 0 unspecified atom stereocenters. The van der Waals surface area contributed by atoms with Gasteiger partial charge in [0.05, 0.1) is 12.8 Å². The Morgan fingerprint density at radius 1 is 1.21 bits per heavy atom. The molecular formula is C27H38N4O3. The Kier molecular flexibility index (Phi) is 7.31. The minimum absolute atomic E-state index is 0.260. The van der Waals surface area contributed by atoms with E-state index in [1.54, 1.807) is 12.0 Å². The number of methoxy groups -OCH3 is 1. The van der Waals surface area contributed by atoms with Gasteiger partial charge in [0, 0.05) is 38.1 Å². The lowest BCUT2D eigenvalue weighted by atomic mass is 9.90. The van der Waals surface area contributed by atoms with Gasteiger partial charge in [0.25, 0.3) is 0 Å². The average molecular weight is 467 g/mol. The summed E-state index contributed by atoms with van der Waals surface area (Å²) in [5.74, 6) is 1.40. The number of carbonyl (C=O) groups excluding carboxylic acids is 1. The number of amides is 1. The van der Waals surface area contributed by atoms with E-state index in [4.69, 9.17) is 14.5 Å². The van der Waals surface area contributed by atoms with Crippen molar-refractivity contribution in [1.29, 1.82) is 0 Å². The van der Waals surface area contributed by atoms with Gasteiger partial charge < -0.3 is 23.7 Å². The van der Waals surface area contributed by atoms with E-state index in [9.17, 15) is 4.79 Å². The van der Waals surface area contributed by atoms with E-state index in [1.165, 1.54) is 5.56 Å². The first-order valence-corrected chi connectivity index (χ1v) is 12.3. The summed E-state index contributed by atoms with van der Waals surface area (Å²) >= 11 is 0. The second-order valence-corrected chi connectivity index (χ2v) is 10.3. The Balaban J connectivity index is 1.38. The molecule has 1 aliphatic heterocycles. The molecule has 7 heteroatoms. The highest BCUT2D eigenvalue weighted by Gasteiger charge is 2.25. The van der Waals surface area contributed by atoms with Crippen molar-refractivity contribution in [3.8, 4) is 0 Å². The van der Waals surface area contributed by atoms with Crippen LogP contribution in [0.2, 0.25) is 0 Å². The lowest BCUT2D eigenvalue weighted by Gasteiger charge is -2.33. The Bertz CT molecular complexity index is 1070. The number of piperidine rings is 1. The fourth-order valence-corrected chi connectivity index (χ4v) is 4.75. The SMILES string of the molecule is COC1=CCCC=C1c1cn2cccc(C3CCN(CCN(C)C(=O)OC(C)(C)C)CC3)c2n1. The highest BCUT2D eigenvalue weighted by molar-refractivity contribution is 5.77. The summed E-state index contributed by atoms with van der Waals surface area (Å²) in [6.07, 6.45) is 12.5. The third-order valence-electron chi connectivity index (χ3n) is 6.60. The summed E-state index contributed by atoms with van der Waals surface area (Å²) in [7, 11) is 3.54. The highest BCUT2D eigenvalue weighted by Crippen LogP contribution is 2.33. The van der Waals surface area contributed by atoms with Crippen molar-refractivity contribution in [2.75, 3.05) is 40.3 Å². The van der Waals surface area contributed by atoms with Crippen molar-refractivity contribution in [2.24, 2.45) is 0 Å². The van der Waals surface area contributed by atoms with Crippen molar-refractivity contribution in [1.82, 2.24) is 19.2 Å². The molecule has 2 aromatic rings. The van der Waals surface area contributed by atoms with Gasteiger partial charge in [0.2, 0.25) is 0 Å². The summed E-state index contributed by atoms with van der Waals surface area (Å²) in [5, 5.41) is 0. The quantitative estimate of drug-likeness (QED) is 0.594. The molecule has 0 saturated carbocycles. The van der Waals surface area contributed by atoms with Gasteiger partial charge in [-0.2, -0.15) is 0 Å². The third-order valence-corrected chi connectivity index (χ3v) is 6.60. The average Bonchev–Trinajstić information content (AvgIpc) is 3.26.